The van der Waals surface area contributed by atoms with Crippen molar-refractivity contribution >= 4 is 41.7 Å². The van der Waals surface area contributed by atoms with Crippen molar-refractivity contribution in [2.45, 2.75) is 18.5 Å². The minimum absolute atomic E-state index is 0. The van der Waals surface area contributed by atoms with E-state index in [0.717, 1.165) is 50.1 Å². The first-order valence-electron chi connectivity index (χ1n) is 9.24. The molecular formula is C19H31IN4O2S. The maximum atomic E-state index is 5.54. The van der Waals surface area contributed by atoms with E-state index in [1.54, 1.807) is 7.11 Å². The first-order chi connectivity index (χ1) is 12.8. The van der Waals surface area contributed by atoms with Crippen molar-refractivity contribution in [3.8, 4) is 5.75 Å². The van der Waals surface area contributed by atoms with Crippen LogP contribution in [0.3, 0.4) is 0 Å². The van der Waals surface area contributed by atoms with E-state index in [0.29, 0.717) is 6.54 Å². The van der Waals surface area contributed by atoms with E-state index < -0.39 is 0 Å². The first-order valence-corrected chi connectivity index (χ1v) is 10.4. The molecule has 2 fully saturated rings. The van der Waals surface area contributed by atoms with Crippen LogP contribution < -0.4 is 15.4 Å². The second kappa shape index (κ2) is 11.3. The fraction of sp³-hybridized carbons (Fsp3) is 0.632. The molecule has 3 rings (SSSR count). The van der Waals surface area contributed by atoms with Gasteiger partial charge in [-0.05, 0) is 18.2 Å². The maximum Gasteiger partial charge on any atom is 0.191 e. The highest BCUT2D eigenvalue weighted by molar-refractivity contribution is 14.0. The molecule has 2 aliphatic heterocycles. The van der Waals surface area contributed by atoms with E-state index in [1.807, 2.05) is 37.0 Å². The molecule has 1 aromatic carbocycles. The summed E-state index contributed by atoms with van der Waals surface area (Å²) in [7, 11) is 3.53. The molecule has 0 spiro atoms. The Morgan fingerprint density at radius 1 is 1.30 bits per heavy atom. The highest BCUT2D eigenvalue weighted by Gasteiger charge is 2.40. The van der Waals surface area contributed by atoms with Gasteiger partial charge in [0.15, 0.2) is 5.96 Å². The van der Waals surface area contributed by atoms with E-state index in [9.17, 15) is 0 Å². The van der Waals surface area contributed by atoms with Crippen LogP contribution in [0.4, 0.5) is 0 Å². The van der Waals surface area contributed by atoms with E-state index in [4.69, 9.17) is 9.47 Å². The Hall–Kier alpha value is -0.710. The number of guanidine groups is 1. The van der Waals surface area contributed by atoms with Gasteiger partial charge in [0, 0.05) is 50.1 Å². The van der Waals surface area contributed by atoms with Crippen LogP contribution in [0.1, 0.15) is 12.0 Å². The zero-order chi connectivity index (χ0) is 18.2. The van der Waals surface area contributed by atoms with Gasteiger partial charge in [-0.25, -0.2) is 0 Å². The number of hydrogen-bond acceptors (Lipinski definition) is 5. The van der Waals surface area contributed by atoms with Crippen molar-refractivity contribution in [3.05, 3.63) is 29.8 Å². The Morgan fingerprint density at radius 2 is 2.07 bits per heavy atom. The molecule has 6 nitrogen and oxygen atoms in total. The van der Waals surface area contributed by atoms with Gasteiger partial charge in [0.25, 0.3) is 0 Å². The topological polar surface area (TPSA) is 58.1 Å². The second-order valence-corrected chi connectivity index (χ2v) is 7.82. The molecule has 2 aliphatic rings. The van der Waals surface area contributed by atoms with E-state index in [1.165, 1.54) is 17.9 Å². The van der Waals surface area contributed by atoms with Gasteiger partial charge < -0.3 is 20.1 Å². The largest absolute Gasteiger partial charge is 0.496 e. The summed E-state index contributed by atoms with van der Waals surface area (Å²) in [4.78, 5) is 7.01. The normalized spacial score (nSPS) is 23.6. The first kappa shape index (κ1) is 22.6. The SMILES string of the molecule is CN=C(NCc1ccccc1OC)NCC1(N2CCOCC2)CCSC1.I. The molecule has 2 heterocycles. The van der Waals surface area contributed by atoms with Crippen LogP contribution in [0.5, 0.6) is 5.75 Å². The van der Waals surface area contributed by atoms with Crippen molar-refractivity contribution < 1.29 is 9.47 Å². The number of ether oxygens (including phenoxy) is 2. The van der Waals surface area contributed by atoms with Gasteiger partial charge in [0.2, 0.25) is 0 Å². The van der Waals surface area contributed by atoms with Gasteiger partial charge in [0.05, 0.1) is 20.3 Å². The number of nitrogens with one attached hydrogen (secondary N) is 2. The van der Waals surface area contributed by atoms with E-state index >= 15 is 0 Å². The summed E-state index contributed by atoms with van der Waals surface area (Å²) in [5.74, 6) is 4.13. The van der Waals surface area contributed by atoms with Crippen molar-refractivity contribution in [2.75, 3.05) is 58.5 Å². The number of morpholine rings is 1. The Morgan fingerprint density at radius 3 is 2.74 bits per heavy atom. The van der Waals surface area contributed by atoms with Crippen LogP contribution in [0, 0.1) is 0 Å². The lowest BCUT2D eigenvalue weighted by molar-refractivity contribution is -0.0120. The third-order valence-electron chi connectivity index (χ3n) is 5.21. The van der Waals surface area contributed by atoms with Crippen LogP contribution in [-0.2, 0) is 11.3 Å². The zero-order valence-electron chi connectivity index (χ0n) is 16.2. The molecule has 0 saturated carbocycles. The van der Waals surface area contributed by atoms with Gasteiger partial charge in [-0.2, -0.15) is 11.8 Å². The lowest BCUT2D eigenvalue weighted by atomic mass is 9.95. The Bertz CT molecular complexity index is 605. The van der Waals surface area contributed by atoms with Crippen molar-refractivity contribution in [1.82, 2.24) is 15.5 Å². The maximum absolute atomic E-state index is 5.54. The Kier molecular flexibility index (Phi) is 9.47. The van der Waals surface area contributed by atoms with Crippen LogP contribution in [0.25, 0.3) is 0 Å². The van der Waals surface area contributed by atoms with Crippen molar-refractivity contribution in [3.63, 3.8) is 0 Å². The van der Waals surface area contributed by atoms with Gasteiger partial charge >= 0.3 is 0 Å². The smallest absolute Gasteiger partial charge is 0.191 e. The quantitative estimate of drug-likeness (QED) is 0.351. The molecule has 0 aromatic heterocycles. The van der Waals surface area contributed by atoms with Crippen molar-refractivity contribution in [2.24, 2.45) is 4.99 Å². The Balaban J connectivity index is 0.00000261. The lowest BCUT2D eigenvalue weighted by Gasteiger charge is -2.43. The lowest BCUT2D eigenvalue weighted by Crippen LogP contribution is -2.60. The summed E-state index contributed by atoms with van der Waals surface area (Å²) < 4.78 is 11.0. The molecule has 8 heteroatoms. The molecule has 1 atom stereocenters. The highest BCUT2D eigenvalue weighted by Crippen LogP contribution is 2.33. The number of aliphatic imine (C=N–C) groups is 1. The molecule has 0 aliphatic carbocycles. The van der Waals surface area contributed by atoms with Crippen LogP contribution in [0.2, 0.25) is 0 Å². The highest BCUT2D eigenvalue weighted by atomic mass is 127. The number of para-hydroxylation sites is 1. The molecule has 0 bridgehead atoms. The Labute approximate surface area is 183 Å². The average Bonchev–Trinajstić information content (AvgIpc) is 3.19. The number of hydrogen-bond donors (Lipinski definition) is 2. The molecule has 2 N–H and O–H groups in total. The van der Waals surface area contributed by atoms with Crippen molar-refractivity contribution in [1.29, 1.82) is 0 Å². The van der Waals surface area contributed by atoms with Crippen LogP contribution in [0.15, 0.2) is 29.3 Å². The summed E-state index contributed by atoms with van der Waals surface area (Å²) in [6, 6.07) is 8.07. The molecule has 27 heavy (non-hydrogen) atoms. The predicted molar refractivity (Wildman–Crippen MR) is 124 cm³/mol. The zero-order valence-corrected chi connectivity index (χ0v) is 19.3. The minimum Gasteiger partial charge on any atom is -0.496 e. The molecular weight excluding hydrogens is 475 g/mol. The number of rotatable bonds is 6. The average molecular weight is 506 g/mol. The number of nitrogens with zero attached hydrogens (tertiary/aromatic N) is 2. The fourth-order valence-corrected chi connectivity index (χ4v) is 5.11. The van der Waals surface area contributed by atoms with Gasteiger partial charge in [0.1, 0.15) is 5.75 Å². The third kappa shape index (κ3) is 5.88. The van der Waals surface area contributed by atoms with E-state index in [-0.39, 0.29) is 29.5 Å². The van der Waals surface area contributed by atoms with Gasteiger partial charge in [-0.15, -0.1) is 24.0 Å². The third-order valence-corrected chi connectivity index (χ3v) is 6.45. The predicted octanol–water partition coefficient (Wildman–Crippen LogP) is 2.19. The molecule has 0 radical (unpaired) electrons. The van der Waals surface area contributed by atoms with Crippen LogP contribution >= 0.6 is 35.7 Å². The molecule has 1 unspecified atom stereocenters. The summed E-state index contributed by atoms with van der Waals surface area (Å²) >= 11 is 2.05. The monoisotopic (exact) mass is 506 g/mol. The molecule has 1 aromatic rings. The number of methoxy groups -OCH3 is 1. The summed E-state index contributed by atoms with van der Waals surface area (Å²) in [5.41, 5.74) is 1.33. The molecule has 152 valence electrons. The number of thioether (sulfide) groups is 1. The minimum atomic E-state index is 0. The fourth-order valence-electron chi connectivity index (χ4n) is 3.63. The molecule has 0 amide bonds. The summed E-state index contributed by atoms with van der Waals surface area (Å²) in [6.07, 6.45) is 1.22. The summed E-state index contributed by atoms with van der Waals surface area (Å²) in [5, 5.41) is 6.97. The molecule has 2 saturated heterocycles. The van der Waals surface area contributed by atoms with Gasteiger partial charge in [-0.1, -0.05) is 18.2 Å². The number of benzene rings is 1. The summed E-state index contributed by atoms with van der Waals surface area (Å²) in [6.45, 7) is 5.32. The van der Waals surface area contributed by atoms with E-state index in [2.05, 4.69) is 26.6 Å². The second-order valence-electron chi connectivity index (χ2n) is 6.72. The van der Waals surface area contributed by atoms with Gasteiger partial charge in [-0.3, -0.25) is 9.89 Å². The standard InChI is InChI=1S/C19H30N4O2S.HI/c1-20-18(21-13-16-5-3-4-6-17(16)24-2)22-14-19(7-12-26-15-19)23-8-10-25-11-9-23;/h3-6H,7-15H2,1-2H3,(H2,20,21,22);1H. The van der Waals surface area contributed by atoms with Crippen LogP contribution in [-0.4, -0.2) is 74.9 Å². The number of halogens is 1.